The van der Waals surface area contributed by atoms with E-state index in [2.05, 4.69) is 27.2 Å². The van der Waals surface area contributed by atoms with Gasteiger partial charge in [0.15, 0.2) is 18.1 Å². The minimum atomic E-state index is -0.762. The molecule has 208 valence electrons. The van der Waals surface area contributed by atoms with Crippen molar-refractivity contribution in [1.82, 2.24) is 16.1 Å². The number of carbonyl (C=O) groups excluding carboxylic acids is 3. The van der Waals surface area contributed by atoms with Gasteiger partial charge in [0.2, 0.25) is 0 Å². The summed E-state index contributed by atoms with van der Waals surface area (Å²) < 4.78 is 16.1. The Labute approximate surface area is 236 Å². The van der Waals surface area contributed by atoms with Crippen LogP contribution in [0.25, 0.3) is 21.5 Å². The zero-order valence-corrected chi connectivity index (χ0v) is 22.7. The van der Waals surface area contributed by atoms with Gasteiger partial charge in [-0.15, -0.1) is 0 Å². The van der Waals surface area contributed by atoms with Gasteiger partial charge in [-0.2, -0.15) is 5.10 Å². The van der Waals surface area contributed by atoms with Crippen LogP contribution in [0.5, 0.6) is 11.5 Å². The zero-order valence-electron chi connectivity index (χ0n) is 22.7. The average molecular weight is 553 g/mol. The van der Waals surface area contributed by atoms with Gasteiger partial charge in [-0.3, -0.25) is 4.79 Å². The molecule has 4 aromatic rings. The number of urea groups is 1. The van der Waals surface area contributed by atoms with Gasteiger partial charge >= 0.3 is 12.0 Å². The number of benzene rings is 4. The molecule has 0 unspecified atom stereocenters. The van der Waals surface area contributed by atoms with Crippen molar-refractivity contribution < 1.29 is 28.6 Å². The molecule has 0 radical (unpaired) electrons. The van der Waals surface area contributed by atoms with E-state index < -0.39 is 23.9 Å². The van der Waals surface area contributed by atoms with Crippen LogP contribution in [-0.4, -0.2) is 44.9 Å². The molecule has 5 rings (SSSR count). The number of carbonyl (C=O) groups is 3. The highest BCUT2D eigenvalue weighted by Crippen LogP contribution is 2.34. The molecule has 1 aliphatic heterocycles. The number of nitrogens with zero attached hydrogens (tertiary/aromatic N) is 1. The van der Waals surface area contributed by atoms with Gasteiger partial charge in [0.05, 0.1) is 32.0 Å². The molecule has 1 atom stereocenters. The highest BCUT2D eigenvalue weighted by molar-refractivity contribution is 6.13. The van der Waals surface area contributed by atoms with Crippen LogP contribution in [-0.2, 0) is 14.3 Å². The molecule has 3 amide bonds. The standard InChI is InChI=1S/C31H28N4O6/c1-18-28(30(37)40-3)29(34-31(38)33-18)21-12-13-25(26(15-21)39-2)41-17-27(36)35-32-16-24-22-10-6-4-8-19(22)14-20-9-5-7-11-23(20)24/h4-16,29H,17H2,1-3H3,(H,35,36)(H2,33,34,38)/b32-16-/t29-/m0/s1. The van der Waals surface area contributed by atoms with Gasteiger partial charge in [0, 0.05) is 11.3 Å². The van der Waals surface area contributed by atoms with Crippen LogP contribution in [0.15, 0.2) is 89.2 Å². The first kappa shape index (κ1) is 27.2. The number of nitrogens with one attached hydrogen (secondary N) is 3. The number of amides is 3. The maximum Gasteiger partial charge on any atom is 0.337 e. The molecule has 0 aliphatic carbocycles. The van der Waals surface area contributed by atoms with E-state index in [9.17, 15) is 14.4 Å². The van der Waals surface area contributed by atoms with Crippen molar-refractivity contribution in [3.05, 3.63) is 95.2 Å². The van der Waals surface area contributed by atoms with E-state index in [1.807, 2.05) is 48.5 Å². The van der Waals surface area contributed by atoms with Crippen molar-refractivity contribution in [2.45, 2.75) is 13.0 Å². The van der Waals surface area contributed by atoms with Gasteiger partial charge in [-0.1, -0.05) is 54.6 Å². The van der Waals surface area contributed by atoms with Gasteiger partial charge in [0.25, 0.3) is 5.91 Å². The van der Waals surface area contributed by atoms with Gasteiger partial charge < -0.3 is 24.8 Å². The van der Waals surface area contributed by atoms with E-state index in [0.717, 1.165) is 27.1 Å². The molecule has 0 aromatic heterocycles. The van der Waals surface area contributed by atoms with Crippen LogP contribution < -0.4 is 25.5 Å². The quantitative estimate of drug-likeness (QED) is 0.129. The number of allylic oxidation sites excluding steroid dienone is 1. The topological polar surface area (TPSA) is 127 Å². The average Bonchev–Trinajstić information content (AvgIpc) is 2.98. The highest BCUT2D eigenvalue weighted by atomic mass is 16.5. The Morgan fingerprint density at radius 1 is 0.951 bits per heavy atom. The lowest BCUT2D eigenvalue weighted by atomic mass is 9.95. The third-order valence-electron chi connectivity index (χ3n) is 6.75. The maximum atomic E-state index is 12.6. The first-order valence-corrected chi connectivity index (χ1v) is 12.8. The van der Waals surface area contributed by atoms with Crippen molar-refractivity contribution in [2.24, 2.45) is 5.10 Å². The summed E-state index contributed by atoms with van der Waals surface area (Å²) in [6.07, 6.45) is 1.64. The molecule has 10 nitrogen and oxygen atoms in total. The van der Waals surface area contributed by atoms with E-state index in [1.54, 1.807) is 31.3 Å². The van der Waals surface area contributed by atoms with Crippen LogP contribution in [0.4, 0.5) is 4.79 Å². The molecule has 1 aliphatic rings. The predicted octanol–water partition coefficient (Wildman–Crippen LogP) is 4.33. The predicted molar refractivity (Wildman–Crippen MR) is 155 cm³/mol. The molecule has 3 N–H and O–H groups in total. The lowest BCUT2D eigenvalue weighted by Gasteiger charge is -2.28. The van der Waals surface area contributed by atoms with Crippen molar-refractivity contribution in [2.75, 3.05) is 20.8 Å². The second-order valence-corrected chi connectivity index (χ2v) is 9.29. The number of methoxy groups -OCH3 is 2. The third kappa shape index (κ3) is 5.67. The number of hydrogen-bond donors (Lipinski definition) is 3. The minimum absolute atomic E-state index is 0.263. The first-order chi connectivity index (χ1) is 19.9. The van der Waals surface area contributed by atoms with E-state index in [4.69, 9.17) is 14.2 Å². The van der Waals surface area contributed by atoms with Crippen LogP contribution in [0.1, 0.15) is 24.1 Å². The highest BCUT2D eigenvalue weighted by Gasteiger charge is 2.32. The van der Waals surface area contributed by atoms with Crippen molar-refractivity contribution in [1.29, 1.82) is 0 Å². The van der Waals surface area contributed by atoms with Crippen molar-refractivity contribution in [3.63, 3.8) is 0 Å². The Hall–Kier alpha value is -5.38. The Bertz CT molecular complexity index is 1670. The van der Waals surface area contributed by atoms with E-state index >= 15 is 0 Å². The molecule has 4 aromatic carbocycles. The Balaban J connectivity index is 1.29. The van der Waals surface area contributed by atoms with Crippen LogP contribution >= 0.6 is 0 Å². The molecule has 41 heavy (non-hydrogen) atoms. The molecule has 1 heterocycles. The van der Waals surface area contributed by atoms with E-state index in [-0.39, 0.29) is 12.2 Å². The summed E-state index contributed by atoms with van der Waals surface area (Å²) in [5, 5.41) is 13.7. The molecular formula is C31H28N4O6. The smallest absolute Gasteiger partial charge is 0.337 e. The Morgan fingerprint density at radius 2 is 1.63 bits per heavy atom. The van der Waals surface area contributed by atoms with E-state index in [0.29, 0.717) is 22.8 Å². The summed E-state index contributed by atoms with van der Waals surface area (Å²) in [5.41, 5.74) is 4.64. The third-order valence-corrected chi connectivity index (χ3v) is 6.75. The number of hydrazone groups is 1. The summed E-state index contributed by atoms with van der Waals surface area (Å²) in [4.78, 5) is 37.1. The summed E-state index contributed by atoms with van der Waals surface area (Å²) in [7, 11) is 2.72. The van der Waals surface area contributed by atoms with Crippen LogP contribution in [0.2, 0.25) is 0 Å². The van der Waals surface area contributed by atoms with E-state index in [1.165, 1.54) is 14.2 Å². The maximum absolute atomic E-state index is 12.6. The second-order valence-electron chi connectivity index (χ2n) is 9.29. The SMILES string of the molecule is COC(=O)C1=C(C)NC(=O)N[C@H]1c1ccc(OCC(=O)N/N=C\c2c3ccccc3cc3ccccc23)c(OC)c1. The number of rotatable bonds is 8. The fourth-order valence-electron chi connectivity index (χ4n) is 4.84. The number of fused-ring (bicyclic) bond motifs is 2. The lowest BCUT2D eigenvalue weighted by Crippen LogP contribution is -2.45. The van der Waals surface area contributed by atoms with Crippen molar-refractivity contribution >= 4 is 45.7 Å². The minimum Gasteiger partial charge on any atom is -0.493 e. The summed E-state index contributed by atoms with van der Waals surface area (Å²) in [5.74, 6) is -0.422. The molecule has 0 bridgehead atoms. The number of esters is 1. The van der Waals surface area contributed by atoms with Crippen LogP contribution in [0, 0.1) is 0 Å². The first-order valence-electron chi connectivity index (χ1n) is 12.8. The second kappa shape index (κ2) is 11.8. The molecule has 0 spiro atoms. The Morgan fingerprint density at radius 3 is 2.29 bits per heavy atom. The lowest BCUT2D eigenvalue weighted by molar-refractivity contribution is -0.136. The molecular weight excluding hydrogens is 524 g/mol. The van der Waals surface area contributed by atoms with Gasteiger partial charge in [-0.05, 0) is 52.2 Å². The molecule has 0 saturated heterocycles. The number of hydrogen-bond acceptors (Lipinski definition) is 7. The monoisotopic (exact) mass is 552 g/mol. The van der Waals surface area contributed by atoms with Gasteiger partial charge in [-0.25, -0.2) is 15.0 Å². The number of ether oxygens (including phenoxy) is 3. The Kier molecular flexibility index (Phi) is 7.82. The normalized spacial score (nSPS) is 15.0. The fraction of sp³-hybridized carbons (Fsp3) is 0.161. The molecule has 0 saturated carbocycles. The largest absolute Gasteiger partial charge is 0.493 e. The molecule has 0 fully saturated rings. The summed E-state index contributed by atoms with van der Waals surface area (Å²) >= 11 is 0. The van der Waals surface area contributed by atoms with Crippen LogP contribution in [0.3, 0.4) is 0 Å². The van der Waals surface area contributed by atoms with Gasteiger partial charge in [0.1, 0.15) is 0 Å². The fourth-order valence-corrected chi connectivity index (χ4v) is 4.84. The zero-order chi connectivity index (χ0) is 28.9. The summed E-state index contributed by atoms with van der Waals surface area (Å²) in [6.45, 7) is 1.30. The molecule has 10 heteroatoms. The van der Waals surface area contributed by atoms with Crippen molar-refractivity contribution in [3.8, 4) is 11.5 Å². The summed E-state index contributed by atoms with van der Waals surface area (Å²) in [6, 6.07) is 21.8.